The van der Waals surface area contributed by atoms with E-state index in [0.717, 1.165) is 18.7 Å². The second kappa shape index (κ2) is 8.69. The maximum atomic E-state index is 10.2. The van der Waals surface area contributed by atoms with Crippen molar-refractivity contribution < 1.29 is 20.1 Å². The predicted octanol–water partition coefficient (Wildman–Crippen LogP) is 2.27. The molecule has 6 nitrogen and oxygen atoms in total. The van der Waals surface area contributed by atoms with Gasteiger partial charge in [0.2, 0.25) is 0 Å². The van der Waals surface area contributed by atoms with Gasteiger partial charge in [-0.25, -0.2) is 0 Å². The van der Waals surface area contributed by atoms with E-state index in [1.807, 2.05) is 18.2 Å². The summed E-state index contributed by atoms with van der Waals surface area (Å²) in [5.41, 5.74) is 2.19. The fourth-order valence-corrected chi connectivity index (χ4v) is 4.81. The predicted molar refractivity (Wildman–Crippen MR) is 111 cm³/mol. The summed E-state index contributed by atoms with van der Waals surface area (Å²) in [5, 5.41) is 29.8. The smallest absolute Gasteiger partial charge is 0.173 e. The molecule has 0 spiro atoms. The fraction of sp³-hybridized carbons (Fsp3) is 0.476. The van der Waals surface area contributed by atoms with Crippen molar-refractivity contribution in [2.75, 3.05) is 23.7 Å². The van der Waals surface area contributed by atoms with Gasteiger partial charge in [-0.1, -0.05) is 12.1 Å². The van der Waals surface area contributed by atoms with Gasteiger partial charge in [-0.05, 0) is 43.5 Å². The summed E-state index contributed by atoms with van der Waals surface area (Å²) in [4.78, 5) is 6.88. The molecule has 2 aliphatic rings. The molecule has 3 N–H and O–H groups in total. The van der Waals surface area contributed by atoms with Gasteiger partial charge < -0.3 is 25.0 Å². The first-order valence-corrected chi connectivity index (χ1v) is 10.8. The minimum Gasteiger partial charge on any atom is -0.475 e. The van der Waals surface area contributed by atoms with E-state index in [4.69, 9.17) is 4.74 Å². The molecule has 2 fully saturated rings. The minimum atomic E-state index is -1.21. The van der Waals surface area contributed by atoms with Crippen LogP contribution < -0.4 is 9.64 Å². The standard InChI is InChI=1S/C21H26N2O4S/c24-16-13-28-21(20(26)19(16)25)27-17-5-4-10-22-18(17)14-6-8-15(9-7-14)23-11-2-1-3-12-23/h4-10,16,19-21,24-26H,1-3,11-13H2/t16-,19+,20-,21-/m1/s1. The third-order valence-electron chi connectivity index (χ3n) is 5.33. The molecule has 4 rings (SSSR count). The van der Waals surface area contributed by atoms with Gasteiger partial charge in [-0.2, -0.15) is 0 Å². The molecule has 1 aromatic carbocycles. The van der Waals surface area contributed by atoms with Gasteiger partial charge in [0, 0.05) is 36.3 Å². The molecule has 2 aliphatic heterocycles. The molecule has 3 heterocycles. The fourth-order valence-electron chi connectivity index (χ4n) is 3.69. The number of hydrogen-bond donors (Lipinski definition) is 3. The van der Waals surface area contributed by atoms with Gasteiger partial charge in [-0.15, -0.1) is 11.8 Å². The molecule has 0 radical (unpaired) electrons. The Bertz CT molecular complexity index is 782. The Labute approximate surface area is 169 Å². The third-order valence-corrected chi connectivity index (χ3v) is 6.57. The molecule has 2 saturated heterocycles. The molecular weight excluding hydrogens is 376 g/mol. The number of aromatic nitrogens is 1. The van der Waals surface area contributed by atoms with Gasteiger partial charge in [0.15, 0.2) is 5.44 Å². The summed E-state index contributed by atoms with van der Waals surface area (Å²) < 4.78 is 5.99. The van der Waals surface area contributed by atoms with Crippen LogP contribution in [-0.4, -0.2) is 62.9 Å². The lowest BCUT2D eigenvalue weighted by atomic mass is 10.1. The van der Waals surface area contributed by atoms with E-state index in [0.29, 0.717) is 17.2 Å². The molecule has 0 saturated carbocycles. The molecule has 1 aromatic heterocycles. The summed E-state index contributed by atoms with van der Waals surface area (Å²) >= 11 is 1.29. The van der Waals surface area contributed by atoms with Crippen molar-refractivity contribution in [2.45, 2.75) is 43.0 Å². The SMILES string of the molecule is O[C@@H]1[C@@H](O)[C@H](Oc2cccnc2-c2ccc(N3CCCCC3)cc2)SC[C@H]1O. The van der Waals surface area contributed by atoms with E-state index >= 15 is 0 Å². The van der Waals surface area contributed by atoms with E-state index in [1.54, 1.807) is 12.3 Å². The van der Waals surface area contributed by atoms with Gasteiger partial charge in [-0.3, -0.25) is 4.98 Å². The molecule has 0 unspecified atom stereocenters. The van der Waals surface area contributed by atoms with Crippen LogP contribution in [0.25, 0.3) is 11.3 Å². The maximum absolute atomic E-state index is 10.2. The van der Waals surface area contributed by atoms with E-state index in [9.17, 15) is 15.3 Å². The summed E-state index contributed by atoms with van der Waals surface area (Å²) in [6.45, 7) is 2.20. The van der Waals surface area contributed by atoms with E-state index < -0.39 is 23.7 Å². The van der Waals surface area contributed by atoms with Crippen molar-refractivity contribution in [3.63, 3.8) is 0 Å². The number of benzene rings is 1. The van der Waals surface area contributed by atoms with E-state index in [-0.39, 0.29) is 0 Å². The van der Waals surface area contributed by atoms with Crippen molar-refractivity contribution in [1.29, 1.82) is 0 Å². The highest BCUT2D eigenvalue weighted by Crippen LogP contribution is 2.34. The minimum absolute atomic E-state index is 0.309. The summed E-state index contributed by atoms with van der Waals surface area (Å²) in [7, 11) is 0. The van der Waals surface area contributed by atoms with Crippen LogP contribution in [0.5, 0.6) is 5.75 Å². The molecule has 2 aromatic rings. The number of pyridine rings is 1. The van der Waals surface area contributed by atoms with Crippen LogP contribution >= 0.6 is 11.8 Å². The van der Waals surface area contributed by atoms with Crippen molar-refractivity contribution in [3.05, 3.63) is 42.6 Å². The zero-order valence-corrected chi connectivity index (χ0v) is 16.5. The average Bonchev–Trinajstić information content (AvgIpc) is 2.75. The Morgan fingerprint density at radius 3 is 2.46 bits per heavy atom. The second-order valence-electron chi connectivity index (χ2n) is 7.31. The number of aliphatic hydroxyl groups is 3. The highest BCUT2D eigenvalue weighted by Gasteiger charge is 2.38. The van der Waals surface area contributed by atoms with Gasteiger partial charge >= 0.3 is 0 Å². The summed E-state index contributed by atoms with van der Waals surface area (Å²) in [5.74, 6) is 0.858. The Morgan fingerprint density at radius 2 is 1.71 bits per heavy atom. The lowest BCUT2D eigenvalue weighted by molar-refractivity contribution is -0.0785. The normalized spacial score (nSPS) is 28.2. The molecule has 4 atom stereocenters. The number of anilines is 1. The lowest BCUT2D eigenvalue weighted by Gasteiger charge is -2.34. The molecule has 0 aliphatic carbocycles. The van der Waals surface area contributed by atoms with Gasteiger partial charge in [0.1, 0.15) is 23.7 Å². The zero-order chi connectivity index (χ0) is 19.5. The molecular formula is C21H26N2O4S. The van der Waals surface area contributed by atoms with Crippen LogP contribution in [-0.2, 0) is 0 Å². The van der Waals surface area contributed by atoms with Crippen LogP contribution in [0.3, 0.4) is 0 Å². The molecule has 7 heteroatoms. The molecule has 0 bridgehead atoms. The number of aliphatic hydroxyl groups excluding tert-OH is 3. The van der Waals surface area contributed by atoms with Crippen LogP contribution in [0.4, 0.5) is 5.69 Å². The van der Waals surface area contributed by atoms with Gasteiger partial charge in [0.05, 0.1) is 6.10 Å². The highest BCUT2D eigenvalue weighted by molar-refractivity contribution is 7.99. The number of ether oxygens (including phenoxy) is 1. The monoisotopic (exact) mass is 402 g/mol. The van der Waals surface area contributed by atoms with E-state index in [2.05, 4.69) is 22.0 Å². The first-order chi connectivity index (χ1) is 13.6. The average molecular weight is 403 g/mol. The number of rotatable bonds is 4. The van der Waals surface area contributed by atoms with Crippen LogP contribution in [0.2, 0.25) is 0 Å². The first kappa shape index (κ1) is 19.5. The number of hydrogen-bond acceptors (Lipinski definition) is 7. The van der Waals surface area contributed by atoms with Gasteiger partial charge in [0.25, 0.3) is 0 Å². The van der Waals surface area contributed by atoms with Crippen LogP contribution in [0.15, 0.2) is 42.6 Å². The number of nitrogens with zero attached hydrogens (tertiary/aromatic N) is 2. The topological polar surface area (TPSA) is 86.0 Å². The summed E-state index contributed by atoms with van der Waals surface area (Å²) in [6, 6.07) is 11.9. The Morgan fingerprint density at radius 1 is 0.964 bits per heavy atom. The number of thioether (sulfide) groups is 1. The quantitative estimate of drug-likeness (QED) is 0.723. The largest absolute Gasteiger partial charge is 0.475 e. The highest BCUT2D eigenvalue weighted by atomic mass is 32.2. The van der Waals surface area contributed by atoms with Crippen molar-refractivity contribution in [1.82, 2.24) is 4.98 Å². The van der Waals surface area contributed by atoms with Crippen molar-refractivity contribution in [2.24, 2.45) is 0 Å². The Balaban J connectivity index is 1.53. The number of piperidine rings is 1. The maximum Gasteiger partial charge on any atom is 0.173 e. The Hall–Kier alpha value is -1.80. The molecule has 28 heavy (non-hydrogen) atoms. The van der Waals surface area contributed by atoms with Crippen LogP contribution in [0, 0.1) is 0 Å². The lowest BCUT2D eigenvalue weighted by Crippen LogP contribution is -2.50. The molecule has 150 valence electrons. The first-order valence-electron chi connectivity index (χ1n) is 9.76. The second-order valence-corrected chi connectivity index (χ2v) is 8.44. The van der Waals surface area contributed by atoms with Crippen molar-refractivity contribution >= 4 is 17.4 Å². The van der Waals surface area contributed by atoms with E-state index in [1.165, 1.54) is 36.7 Å². The van der Waals surface area contributed by atoms with Crippen molar-refractivity contribution in [3.8, 4) is 17.0 Å². The third kappa shape index (κ3) is 4.12. The Kier molecular flexibility index (Phi) is 6.06. The van der Waals surface area contributed by atoms with Crippen LogP contribution in [0.1, 0.15) is 19.3 Å². The molecule has 0 amide bonds. The summed E-state index contributed by atoms with van der Waals surface area (Å²) in [6.07, 6.45) is 2.17. The zero-order valence-electron chi connectivity index (χ0n) is 15.6.